The van der Waals surface area contributed by atoms with E-state index in [9.17, 15) is 4.79 Å². The quantitative estimate of drug-likeness (QED) is 0.510. The van der Waals surface area contributed by atoms with Crippen LogP contribution < -0.4 is 10.3 Å². The van der Waals surface area contributed by atoms with Crippen LogP contribution in [-0.2, 0) is 0 Å². The largest absolute Gasteiger partial charge is 0.494 e. The highest BCUT2D eigenvalue weighted by Gasteiger charge is 2.21. The van der Waals surface area contributed by atoms with Crippen molar-refractivity contribution in [2.45, 2.75) is 19.9 Å². The lowest BCUT2D eigenvalue weighted by atomic mass is 9.98. The second kappa shape index (κ2) is 7.69. The molecule has 0 saturated carbocycles. The first kappa shape index (κ1) is 18.0. The number of fused-ring (bicyclic) bond motifs is 1. The molecule has 4 rings (SSSR count). The lowest BCUT2D eigenvalue weighted by Gasteiger charge is -2.23. The van der Waals surface area contributed by atoms with Crippen LogP contribution in [0.4, 0.5) is 0 Å². The van der Waals surface area contributed by atoms with Crippen molar-refractivity contribution < 1.29 is 4.74 Å². The third kappa shape index (κ3) is 3.29. The van der Waals surface area contributed by atoms with E-state index in [-0.39, 0.29) is 11.6 Å². The van der Waals surface area contributed by atoms with Gasteiger partial charge in [0.1, 0.15) is 11.6 Å². The third-order valence-electron chi connectivity index (χ3n) is 4.85. The van der Waals surface area contributed by atoms with Gasteiger partial charge < -0.3 is 4.74 Å². The minimum Gasteiger partial charge on any atom is -0.494 e. The van der Waals surface area contributed by atoms with Crippen molar-refractivity contribution in [3.63, 3.8) is 0 Å². The van der Waals surface area contributed by atoms with Gasteiger partial charge in [-0.2, -0.15) is 0 Å². The molecule has 0 amide bonds. The summed E-state index contributed by atoms with van der Waals surface area (Å²) >= 11 is 0. The highest BCUT2D eigenvalue weighted by atomic mass is 16.5. The highest BCUT2D eigenvalue weighted by Crippen LogP contribution is 2.27. The van der Waals surface area contributed by atoms with E-state index in [4.69, 9.17) is 9.72 Å². The van der Waals surface area contributed by atoms with Crippen LogP contribution in [-0.4, -0.2) is 16.2 Å². The van der Waals surface area contributed by atoms with Gasteiger partial charge in [0.05, 0.1) is 23.6 Å². The molecule has 0 radical (unpaired) electrons. The molecule has 4 nitrogen and oxygen atoms in total. The number of ether oxygens (including phenoxy) is 1. The molecule has 0 fully saturated rings. The van der Waals surface area contributed by atoms with Crippen molar-refractivity contribution in [3.05, 3.63) is 106 Å². The molecule has 0 unspecified atom stereocenters. The van der Waals surface area contributed by atoms with Gasteiger partial charge >= 0.3 is 0 Å². The van der Waals surface area contributed by atoms with Gasteiger partial charge in [0.15, 0.2) is 0 Å². The molecule has 1 heterocycles. The topological polar surface area (TPSA) is 44.1 Å². The van der Waals surface area contributed by atoms with Crippen LogP contribution in [0, 0.1) is 6.92 Å². The number of hydrogen-bond acceptors (Lipinski definition) is 3. The Hall–Kier alpha value is -3.40. The van der Waals surface area contributed by atoms with Crippen molar-refractivity contribution in [3.8, 4) is 5.75 Å². The highest BCUT2D eigenvalue weighted by molar-refractivity contribution is 5.79. The Balaban J connectivity index is 1.99. The summed E-state index contributed by atoms with van der Waals surface area (Å²) in [5.74, 6) is 1.36. The fourth-order valence-electron chi connectivity index (χ4n) is 3.61. The van der Waals surface area contributed by atoms with Gasteiger partial charge in [-0.1, -0.05) is 60.7 Å². The van der Waals surface area contributed by atoms with E-state index in [2.05, 4.69) is 0 Å². The molecule has 0 aliphatic carbocycles. The second-order valence-corrected chi connectivity index (χ2v) is 6.67. The Kier molecular flexibility index (Phi) is 4.94. The summed E-state index contributed by atoms with van der Waals surface area (Å²) in [5, 5.41) is 0.563. The normalized spacial score (nSPS) is 11.1. The fraction of sp³-hybridized carbons (Fsp3) is 0.167. The first-order chi connectivity index (χ1) is 13.7. The van der Waals surface area contributed by atoms with Crippen LogP contribution in [0.5, 0.6) is 5.75 Å². The van der Waals surface area contributed by atoms with Crippen LogP contribution >= 0.6 is 0 Å². The third-order valence-corrected chi connectivity index (χ3v) is 4.85. The predicted molar refractivity (Wildman–Crippen MR) is 112 cm³/mol. The summed E-state index contributed by atoms with van der Waals surface area (Å²) in [6.45, 7) is 4.36. The molecule has 4 aromatic rings. The van der Waals surface area contributed by atoms with Crippen LogP contribution in [0.25, 0.3) is 10.9 Å². The summed E-state index contributed by atoms with van der Waals surface area (Å²) in [5.41, 5.74) is 2.70. The van der Waals surface area contributed by atoms with Gasteiger partial charge in [0.2, 0.25) is 0 Å². The maximum atomic E-state index is 13.6. The summed E-state index contributed by atoms with van der Waals surface area (Å²) in [6.07, 6.45) is 0. The molecule has 1 aromatic heterocycles. The fourth-order valence-corrected chi connectivity index (χ4v) is 3.61. The average Bonchev–Trinajstić information content (AvgIpc) is 2.73. The lowest BCUT2D eigenvalue weighted by molar-refractivity contribution is 0.340. The Morgan fingerprint density at radius 1 is 0.929 bits per heavy atom. The standard InChI is InChI=1S/C24H22N2O2/c1-3-28-20-14-15-22-21(16-20)24(27)26(17(2)25-22)23(18-10-6-4-7-11-18)19-12-8-5-9-13-19/h4-16,23H,3H2,1-2H3. The van der Waals surface area contributed by atoms with E-state index in [1.54, 1.807) is 10.6 Å². The van der Waals surface area contributed by atoms with E-state index in [0.29, 0.717) is 29.1 Å². The molecular formula is C24H22N2O2. The number of hydrogen-bond donors (Lipinski definition) is 0. The summed E-state index contributed by atoms with van der Waals surface area (Å²) in [4.78, 5) is 18.3. The molecule has 0 atom stereocenters. The molecular weight excluding hydrogens is 348 g/mol. The van der Waals surface area contributed by atoms with E-state index in [1.165, 1.54) is 0 Å². The number of nitrogens with zero attached hydrogens (tertiary/aromatic N) is 2. The zero-order valence-electron chi connectivity index (χ0n) is 16.0. The maximum absolute atomic E-state index is 13.6. The predicted octanol–water partition coefficient (Wildman–Crippen LogP) is 4.74. The van der Waals surface area contributed by atoms with Gasteiger partial charge in [0, 0.05) is 0 Å². The monoisotopic (exact) mass is 370 g/mol. The van der Waals surface area contributed by atoms with Crippen LogP contribution in [0.15, 0.2) is 83.7 Å². The molecule has 4 heteroatoms. The Morgan fingerprint density at radius 2 is 1.54 bits per heavy atom. The first-order valence-corrected chi connectivity index (χ1v) is 9.44. The van der Waals surface area contributed by atoms with E-state index < -0.39 is 0 Å². The minimum atomic E-state index is -0.248. The SMILES string of the molecule is CCOc1ccc2nc(C)n(C(c3ccccc3)c3ccccc3)c(=O)c2c1. The second-order valence-electron chi connectivity index (χ2n) is 6.67. The summed E-state index contributed by atoms with van der Waals surface area (Å²) in [6, 6.07) is 25.4. The Labute approximate surface area is 164 Å². The number of aromatic nitrogens is 2. The van der Waals surface area contributed by atoms with Gasteiger partial charge in [-0.3, -0.25) is 9.36 Å². The van der Waals surface area contributed by atoms with E-state index in [1.807, 2.05) is 86.6 Å². The first-order valence-electron chi connectivity index (χ1n) is 9.44. The summed E-state index contributed by atoms with van der Waals surface area (Å²) < 4.78 is 7.37. The van der Waals surface area contributed by atoms with Crippen molar-refractivity contribution in [1.29, 1.82) is 0 Å². The maximum Gasteiger partial charge on any atom is 0.262 e. The number of rotatable bonds is 5. The van der Waals surface area contributed by atoms with E-state index >= 15 is 0 Å². The van der Waals surface area contributed by atoms with Crippen molar-refractivity contribution in [2.24, 2.45) is 0 Å². The van der Waals surface area contributed by atoms with E-state index in [0.717, 1.165) is 11.1 Å². The van der Waals surface area contributed by atoms with Crippen molar-refractivity contribution in [2.75, 3.05) is 6.61 Å². The molecule has 140 valence electrons. The average molecular weight is 370 g/mol. The Morgan fingerprint density at radius 3 is 2.11 bits per heavy atom. The van der Waals surface area contributed by atoms with Crippen molar-refractivity contribution >= 4 is 10.9 Å². The lowest BCUT2D eigenvalue weighted by Crippen LogP contribution is -2.29. The zero-order chi connectivity index (χ0) is 19.5. The Bertz CT molecular complexity index is 1110. The smallest absolute Gasteiger partial charge is 0.262 e. The molecule has 0 aliphatic heterocycles. The zero-order valence-corrected chi connectivity index (χ0v) is 16.0. The molecule has 3 aromatic carbocycles. The van der Waals surface area contributed by atoms with Gasteiger partial charge in [-0.05, 0) is 43.2 Å². The minimum absolute atomic E-state index is 0.0678. The van der Waals surface area contributed by atoms with Crippen LogP contribution in [0.1, 0.15) is 29.9 Å². The van der Waals surface area contributed by atoms with Gasteiger partial charge in [-0.15, -0.1) is 0 Å². The molecule has 0 N–H and O–H groups in total. The molecule has 0 aliphatic rings. The number of benzene rings is 3. The van der Waals surface area contributed by atoms with Gasteiger partial charge in [0.25, 0.3) is 5.56 Å². The molecule has 0 bridgehead atoms. The van der Waals surface area contributed by atoms with Crippen LogP contribution in [0.2, 0.25) is 0 Å². The summed E-state index contributed by atoms with van der Waals surface area (Å²) in [7, 11) is 0. The number of aryl methyl sites for hydroxylation is 1. The molecule has 28 heavy (non-hydrogen) atoms. The molecule has 0 saturated heterocycles. The van der Waals surface area contributed by atoms with Gasteiger partial charge in [-0.25, -0.2) is 4.98 Å². The molecule has 0 spiro atoms. The van der Waals surface area contributed by atoms with Crippen molar-refractivity contribution in [1.82, 2.24) is 9.55 Å². The van der Waals surface area contributed by atoms with Crippen LogP contribution in [0.3, 0.4) is 0 Å².